The van der Waals surface area contributed by atoms with Gasteiger partial charge in [0.25, 0.3) is 0 Å². The summed E-state index contributed by atoms with van der Waals surface area (Å²) in [5.41, 5.74) is 6.37. The molecular weight excluding hydrogens is 200 g/mol. The van der Waals surface area contributed by atoms with Crippen molar-refractivity contribution in [3.05, 3.63) is 0 Å². The maximum absolute atomic E-state index is 6.09. The smallest absolute Gasteiger partial charge is 0.0700 e. The normalized spacial score (nSPS) is 31.3. The van der Waals surface area contributed by atoms with Crippen molar-refractivity contribution in [2.24, 2.45) is 11.7 Å². The highest BCUT2D eigenvalue weighted by molar-refractivity contribution is 5.03. The fourth-order valence-corrected chi connectivity index (χ4v) is 3.20. The minimum Gasteiger partial charge on any atom is -0.376 e. The highest BCUT2D eigenvalue weighted by atomic mass is 16.5. The molecule has 2 aliphatic rings. The van der Waals surface area contributed by atoms with Crippen molar-refractivity contribution in [3.63, 3.8) is 0 Å². The lowest BCUT2D eigenvalue weighted by atomic mass is 9.87. The Morgan fingerprint density at radius 2 is 2.12 bits per heavy atom. The molecule has 0 aromatic carbocycles. The molecule has 2 rings (SSSR count). The summed E-state index contributed by atoms with van der Waals surface area (Å²) < 4.78 is 5.76. The lowest BCUT2D eigenvalue weighted by Crippen LogP contribution is -2.60. The molecule has 1 saturated heterocycles. The number of hydrogen-bond acceptors (Lipinski definition) is 3. The molecule has 1 heterocycles. The van der Waals surface area contributed by atoms with Gasteiger partial charge in [0.05, 0.1) is 12.7 Å². The van der Waals surface area contributed by atoms with E-state index in [4.69, 9.17) is 10.5 Å². The van der Waals surface area contributed by atoms with Crippen LogP contribution in [0.5, 0.6) is 0 Å². The number of hydrogen-bond donors (Lipinski definition) is 1. The topological polar surface area (TPSA) is 38.5 Å². The van der Waals surface area contributed by atoms with Gasteiger partial charge in [-0.25, -0.2) is 0 Å². The molecule has 3 nitrogen and oxygen atoms in total. The van der Waals surface area contributed by atoms with Crippen LogP contribution in [0.25, 0.3) is 0 Å². The van der Waals surface area contributed by atoms with E-state index in [1.54, 1.807) is 0 Å². The average Bonchev–Trinajstić information content (AvgIpc) is 3.17. The third kappa shape index (κ3) is 2.13. The van der Waals surface area contributed by atoms with Gasteiger partial charge in [0, 0.05) is 25.2 Å². The number of rotatable bonds is 5. The van der Waals surface area contributed by atoms with Crippen molar-refractivity contribution >= 4 is 0 Å². The number of morpholine rings is 1. The first kappa shape index (κ1) is 12.3. The van der Waals surface area contributed by atoms with E-state index in [0.29, 0.717) is 6.10 Å². The van der Waals surface area contributed by atoms with E-state index in [9.17, 15) is 0 Å². The molecule has 0 radical (unpaired) electrons. The Bertz CT molecular complexity index is 224. The highest BCUT2D eigenvalue weighted by Crippen LogP contribution is 2.45. The van der Waals surface area contributed by atoms with Crippen LogP contribution in [-0.4, -0.2) is 42.8 Å². The molecule has 2 fully saturated rings. The van der Waals surface area contributed by atoms with Crippen LogP contribution in [0.15, 0.2) is 0 Å². The van der Waals surface area contributed by atoms with Crippen molar-refractivity contribution in [3.8, 4) is 0 Å². The SMILES string of the molecule is CCC1CN(C(CC)(CN)C2CC2)CCO1. The Balaban J connectivity index is 2.06. The van der Waals surface area contributed by atoms with Crippen LogP contribution in [0.1, 0.15) is 39.5 Å². The summed E-state index contributed by atoms with van der Waals surface area (Å²) in [7, 11) is 0. The molecular formula is C13H26N2O. The second-order valence-corrected chi connectivity index (χ2v) is 5.28. The number of nitrogens with two attached hydrogens (primary N) is 1. The van der Waals surface area contributed by atoms with E-state index in [2.05, 4.69) is 18.7 Å². The third-order valence-corrected chi connectivity index (χ3v) is 4.53. The van der Waals surface area contributed by atoms with Gasteiger partial charge in [0.1, 0.15) is 0 Å². The number of nitrogens with zero attached hydrogens (tertiary/aromatic N) is 1. The summed E-state index contributed by atoms with van der Waals surface area (Å²) >= 11 is 0. The van der Waals surface area contributed by atoms with Crippen LogP contribution >= 0.6 is 0 Å². The van der Waals surface area contributed by atoms with E-state index in [-0.39, 0.29) is 5.54 Å². The van der Waals surface area contributed by atoms with Gasteiger partial charge in [-0.15, -0.1) is 0 Å². The molecule has 0 bridgehead atoms. The molecule has 3 heteroatoms. The quantitative estimate of drug-likeness (QED) is 0.774. The van der Waals surface area contributed by atoms with Crippen LogP contribution in [0, 0.1) is 5.92 Å². The molecule has 0 aromatic rings. The maximum Gasteiger partial charge on any atom is 0.0700 e. The first-order valence-corrected chi connectivity index (χ1v) is 6.83. The van der Waals surface area contributed by atoms with Crippen LogP contribution in [-0.2, 0) is 4.74 Å². The minimum atomic E-state index is 0.275. The van der Waals surface area contributed by atoms with Crippen LogP contribution in [0.4, 0.5) is 0 Å². The molecule has 2 atom stereocenters. The summed E-state index contributed by atoms with van der Waals surface area (Å²) in [4.78, 5) is 2.63. The van der Waals surface area contributed by atoms with E-state index >= 15 is 0 Å². The molecule has 2 N–H and O–H groups in total. The lowest BCUT2D eigenvalue weighted by Gasteiger charge is -2.47. The van der Waals surface area contributed by atoms with E-state index in [1.165, 1.54) is 19.3 Å². The van der Waals surface area contributed by atoms with Gasteiger partial charge in [0.2, 0.25) is 0 Å². The van der Waals surface area contributed by atoms with Crippen LogP contribution in [0.2, 0.25) is 0 Å². The number of ether oxygens (including phenoxy) is 1. The van der Waals surface area contributed by atoms with Gasteiger partial charge in [-0.3, -0.25) is 4.90 Å². The zero-order valence-electron chi connectivity index (χ0n) is 10.7. The zero-order valence-corrected chi connectivity index (χ0v) is 10.7. The van der Waals surface area contributed by atoms with E-state index in [0.717, 1.165) is 38.6 Å². The van der Waals surface area contributed by atoms with Gasteiger partial charge in [-0.2, -0.15) is 0 Å². The Hall–Kier alpha value is -0.120. The monoisotopic (exact) mass is 226 g/mol. The summed E-state index contributed by atoms with van der Waals surface area (Å²) in [6.07, 6.45) is 5.47. The summed E-state index contributed by atoms with van der Waals surface area (Å²) in [6, 6.07) is 0. The molecule has 1 aliphatic carbocycles. The first-order chi connectivity index (χ1) is 7.76. The van der Waals surface area contributed by atoms with Crippen LogP contribution in [0.3, 0.4) is 0 Å². The fourth-order valence-electron chi connectivity index (χ4n) is 3.20. The predicted octanol–water partition coefficient (Wildman–Crippen LogP) is 1.61. The molecule has 94 valence electrons. The van der Waals surface area contributed by atoms with Crippen molar-refractivity contribution in [1.29, 1.82) is 0 Å². The second-order valence-electron chi connectivity index (χ2n) is 5.28. The standard InChI is InChI=1S/C13H26N2O/c1-3-12-9-15(7-8-16-12)13(4-2,10-14)11-5-6-11/h11-12H,3-10,14H2,1-2H3. The Labute approximate surface area is 99.3 Å². The minimum absolute atomic E-state index is 0.275. The molecule has 0 spiro atoms. The summed E-state index contributed by atoms with van der Waals surface area (Å²) in [5.74, 6) is 0.845. The summed E-state index contributed by atoms with van der Waals surface area (Å²) in [6.45, 7) is 8.34. The van der Waals surface area contributed by atoms with Crippen molar-refractivity contribution in [2.75, 3.05) is 26.2 Å². The molecule has 0 amide bonds. The average molecular weight is 226 g/mol. The molecule has 1 aliphatic heterocycles. The molecule has 0 aromatic heterocycles. The molecule has 1 saturated carbocycles. The third-order valence-electron chi connectivity index (χ3n) is 4.53. The van der Waals surface area contributed by atoms with E-state index in [1.807, 2.05) is 0 Å². The Kier molecular flexibility index (Phi) is 3.88. The van der Waals surface area contributed by atoms with Gasteiger partial charge >= 0.3 is 0 Å². The Morgan fingerprint density at radius 3 is 2.62 bits per heavy atom. The lowest BCUT2D eigenvalue weighted by molar-refractivity contribution is -0.0762. The van der Waals surface area contributed by atoms with Crippen molar-refractivity contribution in [1.82, 2.24) is 4.90 Å². The zero-order chi connectivity index (χ0) is 11.6. The highest BCUT2D eigenvalue weighted by Gasteiger charge is 2.47. The van der Waals surface area contributed by atoms with Crippen molar-refractivity contribution in [2.45, 2.75) is 51.2 Å². The van der Waals surface area contributed by atoms with Gasteiger partial charge in [-0.05, 0) is 31.6 Å². The van der Waals surface area contributed by atoms with Crippen molar-refractivity contribution < 1.29 is 4.74 Å². The van der Waals surface area contributed by atoms with Crippen LogP contribution < -0.4 is 5.73 Å². The van der Waals surface area contributed by atoms with Gasteiger partial charge < -0.3 is 10.5 Å². The molecule has 16 heavy (non-hydrogen) atoms. The first-order valence-electron chi connectivity index (χ1n) is 6.83. The molecule has 2 unspecified atom stereocenters. The summed E-state index contributed by atoms with van der Waals surface area (Å²) in [5, 5.41) is 0. The van der Waals surface area contributed by atoms with Gasteiger partial charge in [0.15, 0.2) is 0 Å². The largest absolute Gasteiger partial charge is 0.376 e. The fraction of sp³-hybridized carbons (Fsp3) is 1.00. The predicted molar refractivity (Wildman–Crippen MR) is 66.4 cm³/mol. The van der Waals surface area contributed by atoms with E-state index < -0.39 is 0 Å². The Morgan fingerprint density at radius 1 is 1.38 bits per heavy atom. The van der Waals surface area contributed by atoms with Gasteiger partial charge in [-0.1, -0.05) is 13.8 Å². The second kappa shape index (κ2) is 5.03. The maximum atomic E-state index is 6.09.